The molecule has 0 heterocycles. The van der Waals surface area contributed by atoms with Gasteiger partial charge in [-0.2, -0.15) is 0 Å². The van der Waals surface area contributed by atoms with Crippen molar-refractivity contribution >= 4 is 16.0 Å². The van der Waals surface area contributed by atoms with E-state index in [9.17, 15) is 13.2 Å². The van der Waals surface area contributed by atoms with Gasteiger partial charge in [0.15, 0.2) is 0 Å². The molecule has 2 N–H and O–H groups in total. The summed E-state index contributed by atoms with van der Waals surface area (Å²) in [5.74, 6) is -0.558. The third kappa shape index (κ3) is 4.65. The Balaban J connectivity index is 1.94. The summed E-state index contributed by atoms with van der Waals surface area (Å²) in [6.07, 6.45) is 3.28. The summed E-state index contributed by atoms with van der Waals surface area (Å²) >= 11 is 0. The van der Waals surface area contributed by atoms with Crippen molar-refractivity contribution in [3.05, 3.63) is 35.4 Å². The number of sulfonamides is 1. The Labute approximate surface area is 112 Å². The molecule has 0 saturated heterocycles. The smallest absolute Gasteiger partial charge is 0.335 e. The summed E-state index contributed by atoms with van der Waals surface area (Å²) in [6.45, 7) is 0.464. The molecular formula is C13H17NO4S. The zero-order valence-electron chi connectivity index (χ0n) is 10.5. The molecule has 19 heavy (non-hydrogen) atoms. The molecule has 5 nitrogen and oxygen atoms in total. The van der Waals surface area contributed by atoms with Gasteiger partial charge in [-0.3, -0.25) is 0 Å². The lowest BCUT2D eigenvalue weighted by molar-refractivity contribution is 0.0696. The molecule has 0 atom stereocenters. The van der Waals surface area contributed by atoms with Crippen LogP contribution in [0.5, 0.6) is 0 Å². The van der Waals surface area contributed by atoms with Gasteiger partial charge in [-0.15, -0.1) is 0 Å². The van der Waals surface area contributed by atoms with Gasteiger partial charge in [-0.1, -0.05) is 25.0 Å². The van der Waals surface area contributed by atoms with Gasteiger partial charge in [-0.25, -0.2) is 17.9 Å². The van der Waals surface area contributed by atoms with Gasteiger partial charge in [0.05, 0.1) is 11.3 Å². The van der Waals surface area contributed by atoms with Crippen LogP contribution in [0.1, 0.15) is 35.2 Å². The van der Waals surface area contributed by atoms with Crippen molar-refractivity contribution in [2.75, 3.05) is 6.54 Å². The van der Waals surface area contributed by atoms with E-state index in [1.54, 1.807) is 12.1 Å². The highest BCUT2D eigenvalue weighted by molar-refractivity contribution is 7.88. The number of carboxylic acids is 1. The molecule has 2 rings (SSSR count). The van der Waals surface area contributed by atoms with Gasteiger partial charge in [0.25, 0.3) is 0 Å². The van der Waals surface area contributed by atoms with Gasteiger partial charge in [0.2, 0.25) is 10.0 Å². The van der Waals surface area contributed by atoms with Crippen LogP contribution in [0.15, 0.2) is 24.3 Å². The van der Waals surface area contributed by atoms with E-state index in [1.165, 1.54) is 25.0 Å². The number of benzene rings is 1. The standard InChI is InChI=1S/C13H17NO4S/c15-13(16)12-3-1-2-11(8-12)9-19(17,18)14-7-6-10-4-5-10/h1-3,8,10,14H,4-7,9H2,(H,15,16). The molecule has 0 amide bonds. The highest BCUT2D eigenvalue weighted by atomic mass is 32.2. The number of aromatic carboxylic acids is 1. The van der Waals surface area contributed by atoms with Crippen LogP contribution in [0.25, 0.3) is 0 Å². The molecule has 0 aromatic heterocycles. The Hall–Kier alpha value is -1.40. The predicted octanol–water partition coefficient (Wildman–Crippen LogP) is 1.60. The highest BCUT2D eigenvalue weighted by Crippen LogP contribution is 2.31. The second-order valence-corrected chi connectivity index (χ2v) is 6.70. The first-order valence-electron chi connectivity index (χ1n) is 6.26. The fraction of sp³-hybridized carbons (Fsp3) is 0.462. The minimum Gasteiger partial charge on any atom is -0.478 e. The van der Waals surface area contributed by atoms with Crippen molar-refractivity contribution in [3.8, 4) is 0 Å². The van der Waals surface area contributed by atoms with Crippen molar-refractivity contribution < 1.29 is 18.3 Å². The van der Waals surface area contributed by atoms with E-state index in [0.717, 1.165) is 6.42 Å². The molecule has 6 heteroatoms. The maximum Gasteiger partial charge on any atom is 0.335 e. The SMILES string of the molecule is O=C(O)c1cccc(CS(=O)(=O)NCCC2CC2)c1. The Bertz CT molecular complexity index is 564. The first kappa shape index (κ1) is 14.0. The molecule has 104 valence electrons. The number of hydrogen-bond donors (Lipinski definition) is 2. The normalized spacial score (nSPS) is 15.4. The molecule has 1 fully saturated rings. The molecule has 0 radical (unpaired) electrons. The van der Waals surface area contributed by atoms with Gasteiger partial charge >= 0.3 is 5.97 Å². The van der Waals surface area contributed by atoms with Crippen LogP contribution in [0.2, 0.25) is 0 Å². The molecular weight excluding hydrogens is 266 g/mol. The van der Waals surface area contributed by atoms with E-state index in [4.69, 9.17) is 5.11 Å². The summed E-state index contributed by atoms with van der Waals surface area (Å²) in [5, 5.41) is 8.85. The lowest BCUT2D eigenvalue weighted by Crippen LogP contribution is -2.26. The van der Waals surface area contributed by atoms with Crippen molar-refractivity contribution in [1.29, 1.82) is 0 Å². The molecule has 0 unspecified atom stereocenters. The summed E-state index contributed by atoms with van der Waals surface area (Å²) in [7, 11) is -3.39. The zero-order valence-corrected chi connectivity index (χ0v) is 11.3. The first-order chi connectivity index (χ1) is 8.96. The van der Waals surface area contributed by atoms with Crippen LogP contribution in [-0.4, -0.2) is 26.0 Å². The van der Waals surface area contributed by atoms with Crippen molar-refractivity contribution in [3.63, 3.8) is 0 Å². The molecule has 0 spiro atoms. The van der Waals surface area contributed by atoms with Gasteiger partial charge < -0.3 is 5.11 Å². The maximum absolute atomic E-state index is 11.8. The van der Waals surface area contributed by atoms with Crippen LogP contribution < -0.4 is 4.72 Å². The minimum atomic E-state index is -3.39. The van der Waals surface area contributed by atoms with Crippen LogP contribution in [0, 0.1) is 5.92 Å². The molecule has 1 aromatic carbocycles. The Kier molecular flexibility index (Phi) is 4.21. The number of nitrogens with one attached hydrogen (secondary N) is 1. The van der Waals surface area contributed by atoms with E-state index < -0.39 is 16.0 Å². The second-order valence-electron chi connectivity index (χ2n) is 4.89. The first-order valence-corrected chi connectivity index (χ1v) is 7.91. The Morgan fingerprint density at radius 1 is 1.37 bits per heavy atom. The van der Waals surface area contributed by atoms with Gasteiger partial charge in [-0.05, 0) is 30.0 Å². The fourth-order valence-corrected chi connectivity index (χ4v) is 3.04. The maximum atomic E-state index is 11.8. The predicted molar refractivity (Wildman–Crippen MR) is 71.4 cm³/mol. The topological polar surface area (TPSA) is 83.5 Å². The second kappa shape index (κ2) is 5.71. The van der Waals surface area contributed by atoms with Crippen molar-refractivity contribution in [1.82, 2.24) is 4.72 Å². The van der Waals surface area contributed by atoms with Gasteiger partial charge in [0, 0.05) is 6.54 Å². The summed E-state index contributed by atoms with van der Waals surface area (Å²) < 4.78 is 26.2. The zero-order chi connectivity index (χ0) is 13.9. The van der Waals surface area contributed by atoms with Gasteiger partial charge in [0.1, 0.15) is 0 Å². The molecule has 1 aromatic rings. The molecule has 0 aliphatic heterocycles. The minimum absolute atomic E-state index is 0.102. The van der Waals surface area contributed by atoms with E-state index in [2.05, 4.69) is 4.72 Å². The van der Waals surface area contributed by atoms with Crippen LogP contribution in [-0.2, 0) is 15.8 Å². The van der Waals surface area contributed by atoms with Crippen LogP contribution in [0.4, 0.5) is 0 Å². The average Bonchev–Trinajstić information content (AvgIpc) is 3.12. The summed E-state index contributed by atoms with van der Waals surface area (Å²) in [4.78, 5) is 10.8. The number of rotatable bonds is 7. The molecule has 1 aliphatic carbocycles. The third-order valence-corrected chi connectivity index (χ3v) is 4.46. The fourth-order valence-electron chi connectivity index (χ4n) is 1.89. The average molecular weight is 283 g/mol. The highest BCUT2D eigenvalue weighted by Gasteiger charge is 2.21. The summed E-state index contributed by atoms with van der Waals surface area (Å²) in [6, 6.07) is 6.01. The van der Waals surface area contributed by atoms with Crippen molar-refractivity contribution in [2.24, 2.45) is 5.92 Å². The Morgan fingerprint density at radius 3 is 2.74 bits per heavy atom. The number of carboxylic acid groups (broad SMARTS) is 1. The van der Waals surface area contributed by atoms with E-state index in [-0.39, 0.29) is 11.3 Å². The lowest BCUT2D eigenvalue weighted by Gasteiger charge is -2.07. The van der Waals surface area contributed by atoms with E-state index in [0.29, 0.717) is 18.0 Å². The quantitative estimate of drug-likeness (QED) is 0.796. The monoisotopic (exact) mass is 283 g/mol. The van der Waals surface area contributed by atoms with E-state index in [1.807, 2.05) is 0 Å². The van der Waals surface area contributed by atoms with Crippen molar-refractivity contribution in [2.45, 2.75) is 25.0 Å². The largest absolute Gasteiger partial charge is 0.478 e. The lowest BCUT2D eigenvalue weighted by atomic mass is 10.1. The van der Waals surface area contributed by atoms with Crippen LogP contribution >= 0.6 is 0 Å². The molecule has 1 aliphatic rings. The third-order valence-electron chi connectivity index (χ3n) is 3.10. The molecule has 0 bridgehead atoms. The van der Waals surface area contributed by atoms with Crippen LogP contribution in [0.3, 0.4) is 0 Å². The number of hydrogen-bond acceptors (Lipinski definition) is 3. The summed E-state index contributed by atoms with van der Waals surface area (Å²) in [5.41, 5.74) is 0.588. The van der Waals surface area contributed by atoms with E-state index >= 15 is 0 Å². The number of carbonyl (C=O) groups is 1. The molecule has 1 saturated carbocycles. The Morgan fingerprint density at radius 2 is 2.11 bits per heavy atom.